The zero-order chi connectivity index (χ0) is 16.1. The fraction of sp³-hybridized carbons (Fsp3) is 0.632. The number of ether oxygens (including phenoxy) is 1. The molecule has 0 aromatic heterocycles. The Balaban J connectivity index is 2.06. The number of nitrogens with zero attached hydrogens (tertiary/aromatic N) is 1. The van der Waals surface area contributed by atoms with E-state index in [-0.39, 0.29) is 12.0 Å². The maximum absolute atomic E-state index is 12.8. The lowest BCUT2D eigenvalue weighted by Gasteiger charge is -2.33. The molecule has 1 amide bonds. The molecule has 1 aromatic rings. The number of hydrogen-bond acceptors (Lipinski definition) is 2. The fourth-order valence-electron chi connectivity index (χ4n) is 3.17. The van der Waals surface area contributed by atoms with E-state index in [1.165, 1.54) is 19.3 Å². The van der Waals surface area contributed by atoms with Crippen LogP contribution in [0.3, 0.4) is 0 Å². The van der Waals surface area contributed by atoms with Crippen molar-refractivity contribution in [2.75, 3.05) is 7.05 Å². The Morgan fingerprint density at radius 1 is 1.27 bits per heavy atom. The molecular weight excluding hydrogens is 274 g/mol. The van der Waals surface area contributed by atoms with Crippen molar-refractivity contribution in [2.24, 2.45) is 0 Å². The van der Waals surface area contributed by atoms with Gasteiger partial charge in [-0.15, -0.1) is 0 Å². The van der Waals surface area contributed by atoms with Crippen molar-refractivity contribution in [3.05, 3.63) is 29.3 Å². The lowest BCUT2D eigenvalue weighted by molar-refractivity contribution is -0.140. The molecule has 1 aliphatic rings. The van der Waals surface area contributed by atoms with Gasteiger partial charge in [-0.2, -0.15) is 0 Å². The van der Waals surface area contributed by atoms with Gasteiger partial charge in [-0.1, -0.05) is 38.3 Å². The molecule has 0 radical (unpaired) electrons. The molecule has 0 spiro atoms. The molecule has 1 fully saturated rings. The number of carbonyl (C=O) groups excluding carboxylic acids is 1. The van der Waals surface area contributed by atoms with E-state index in [0.717, 1.165) is 29.7 Å². The second-order valence-electron chi connectivity index (χ2n) is 6.52. The van der Waals surface area contributed by atoms with Gasteiger partial charge in [0.1, 0.15) is 5.75 Å². The largest absolute Gasteiger partial charge is 0.480 e. The summed E-state index contributed by atoms with van der Waals surface area (Å²) in [5.41, 5.74) is 2.24. The van der Waals surface area contributed by atoms with Gasteiger partial charge in [0.05, 0.1) is 0 Å². The van der Waals surface area contributed by atoms with Gasteiger partial charge in [-0.05, 0) is 50.3 Å². The van der Waals surface area contributed by atoms with Crippen molar-refractivity contribution in [3.63, 3.8) is 0 Å². The van der Waals surface area contributed by atoms with Gasteiger partial charge in [0.2, 0.25) is 0 Å². The highest BCUT2D eigenvalue weighted by atomic mass is 16.5. The topological polar surface area (TPSA) is 29.5 Å². The van der Waals surface area contributed by atoms with Gasteiger partial charge < -0.3 is 9.64 Å². The van der Waals surface area contributed by atoms with Gasteiger partial charge in [0.25, 0.3) is 5.91 Å². The summed E-state index contributed by atoms with van der Waals surface area (Å²) in [4.78, 5) is 14.7. The predicted molar refractivity (Wildman–Crippen MR) is 90.3 cm³/mol. The van der Waals surface area contributed by atoms with Crippen LogP contribution in [0.15, 0.2) is 18.2 Å². The van der Waals surface area contributed by atoms with Crippen LogP contribution in [0.4, 0.5) is 0 Å². The molecule has 2 rings (SSSR count). The van der Waals surface area contributed by atoms with E-state index in [0.29, 0.717) is 12.5 Å². The Hall–Kier alpha value is -1.51. The molecule has 0 unspecified atom stereocenters. The molecule has 1 aliphatic carbocycles. The first-order chi connectivity index (χ1) is 10.5. The molecular formula is C19H29NO2. The highest BCUT2D eigenvalue weighted by Gasteiger charge is 2.28. The number of carbonyl (C=O) groups is 1. The van der Waals surface area contributed by atoms with Crippen molar-refractivity contribution >= 4 is 5.91 Å². The van der Waals surface area contributed by atoms with Crippen molar-refractivity contribution in [1.29, 1.82) is 0 Å². The van der Waals surface area contributed by atoms with E-state index in [9.17, 15) is 4.79 Å². The maximum Gasteiger partial charge on any atom is 0.263 e. The van der Waals surface area contributed by atoms with Gasteiger partial charge in [-0.25, -0.2) is 0 Å². The minimum absolute atomic E-state index is 0.121. The molecule has 0 saturated heterocycles. The Kier molecular flexibility index (Phi) is 5.87. The summed E-state index contributed by atoms with van der Waals surface area (Å²) in [6, 6.07) is 6.52. The lowest BCUT2D eigenvalue weighted by Crippen LogP contribution is -2.45. The van der Waals surface area contributed by atoms with E-state index >= 15 is 0 Å². The van der Waals surface area contributed by atoms with E-state index in [2.05, 4.69) is 6.07 Å². The van der Waals surface area contributed by atoms with E-state index in [4.69, 9.17) is 4.74 Å². The molecule has 1 saturated carbocycles. The van der Waals surface area contributed by atoms with Crippen LogP contribution >= 0.6 is 0 Å². The number of hydrogen-bond donors (Lipinski definition) is 0. The van der Waals surface area contributed by atoms with Gasteiger partial charge in [0, 0.05) is 13.1 Å². The highest BCUT2D eigenvalue weighted by molar-refractivity contribution is 5.81. The van der Waals surface area contributed by atoms with Gasteiger partial charge in [0.15, 0.2) is 6.10 Å². The molecule has 1 atom stereocenters. The monoisotopic (exact) mass is 303 g/mol. The molecule has 1 aromatic carbocycles. The molecule has 0 bridgehead atoms. The van der Waals surface area contributed by atoms with Gasteiger partial charge in [-0.3, -0.25) is 4.79 Å². The van der Waals surface area contributed by atoms with Crippen LogP contribution in [-0.4, -0.2) is 30.0 Å². The van der Waals surface area contributed by atoms with Crippen molar-refractivity contribution < 1.29 is 9.53 Å². The van der Waals surface area contributed by atoms with Crippen LogP contribution in [0.2, 0.25) is 0 Å². The molecule has 122 valence electrons. The summed E-state index contributed by atoms with van der Waals surface area (Å²) in [5.74, 6) is 0.951. The van der Waals surface area contributed by atoms with Crippen LogP contribution < -0.4 is 4.74 Å². The Labute approximate surface area is 134 Å². The Bertz CT molecular complexity index is 506. The first kappa shape index (κ1) is 16.9. The number of likely N-dealkylation sites (N-methyl/N-ethyl adjacent to an activating group) is 1. The zero-order valence-electron chi connectivity index (χ0n) is 14.4. The van der Waals surface area contributed by atoms with E-state index in [1.54, 1.807) is 0 Å². The number of rotatable bonds is 5. The van der Waals surface area contributed by atoms with Crippen molar-refractivity contribution in [1.82, 2.24) is 4.90 Å². The number of amides is 1. The predicted octanol–water partition coefficient (Wildman–Crippen LogP) is 4.25. The number of aryl methyl sites for hydroxylation is 2. The van der Waals surface area contributed by atoms with Crippen LogP contribution in [0, 0.1) is 13.8 Å². The van der Waals surface area contributed by atoms with Crippen molar-refractivity contribution in [2.45, 2.75) is 71.4 Å². The summed E-state index contributed by atoms with van der Waals surface area (Å²) >= 11 is 0. The summed E-state index contributed by atoms with van der Waals surface area (Å²) in [5, 5.41) is 0. The third-order valence-electron chi connectivity index (χ3n) is 4.73. The minimum atomic E-state index is -0.382. The first-order valence-electron chi connectivity index (χ1n) is 8.53. The fourth-order valence-corrected chi connectivity index (χ4v) is 3.17. The van der Waals surface area contributed by atoms with Crippen LogP contribution in [-0.2, 0) is 4.79 Å². The summed E-state index contributed by atoms with van der Waals surface area (Å²) in [6.45, 7) is 6.09. The minimum Gasteiger partial charge on any atom is -0.480 e. The van der Waals surface area contributed by atoms with Crippen LogP contribution in [0.5, 0.6) is 5.75 Å². The Morgan fingerprint density at radius 2 is 1.95 bits per heavy atom. The van der Waals surface area contributed by atoms with Crippen molar-refractivity contribution in [3.8, 4) is 5.75 Å². The van der Waals surface area contributed by atoms with E-state index in [1.807, 2.05) is 44.9 Å². The summed E-state index contributed by atoms with van der Waals surface area (Å²) < 4.78 is 6.06. The standard InChI is InChI=1S/C19H29NO2/c1-5-17(22-18-13-14(2)11-12-15(18)3)19(21)20(4)16-9-7-6-8-10-16/h11-13,16-17H,5-10H2,1-4H3/t17-/m1/s1. The first-order valence-corrected chi connectivity index (χ1v) is 8.53. The normalized spacial score (nSPS) is 17.1. The third kappa shape index (κ3) is 4.02. The van der Waals surface area contributed by atoms with Crippen LogP contribution in [0.1, 0.15) is 56.6 Å². The molecule has 3 nitrogen and oxygen atoms in total. The van der Waals surface area contributed by atoms with Gasteiger partial charge >= 0.3 is 0 Å². The molecule has 0 heterocycles. The second kappa shape index (κ2) is 7.66. The average Bonchev–Trinajstić information content (AvgIpc) is 2.55. The summed E-state index contributed by atoms with van der Waals surface area (Å²) in [7, 11) is 1.94. The molecule has 3 heteroatoms. The zero-order valence-corrected chi connectivity index (χ0v) is 14.4. The maximum atomic E-state index is 12.8. The third-order valence-corrected chi connectivity index (χ3v) is 4.73. The number of benzene rings is 1. The average molecular weight is 303 g/mol. The SMILES string of the molecule is CC[C@@H](Oc1cc(C)ccc1C)C(=O)N(C)C1CCCCC1. The quantitative estimate of drug-likeness (QED) is 0.813. The lowest BCUT2D eigenvalue weighted by atomic mass is 9.94. The van der Waals surface area contributed by atoms with E-state index < -0.39 is 0 Å². The Morgan fingerprint density at radius 3 is 2.59 bits per heavy atom. The molecule has 22 heavy (non-hydrogen) atoms. The molecule has 0 aliphatic heterocycles. The smallest absolute Gasteiger partial charge is 0.263 e. The summed E-state index contributed by atoms with van der Waals surface area (Å²) in [6.07, 6.45) is 6.34. The second-order valence-corrected chi connectivity index (χ2v) is 6.52. The molecule has 0 N–H and O–H groups in total. The van der Waals surface area contributed by atoms with Crippen LogP contribution in [0.25, 0.3) is 0 Å². The highest BCUT2D eigenvalue weighted by Crippen LogP contribution is 2.25.